The number of carbonyl (C=O) groups excluding carboxylic acids is 2. The van der Waals surface area contributed by atoms with Crippen LogP contribution in [-0.2, 0) is 11.3 Å². The van der Waals surface area contributed by atoms with Crippen LogP contribution in [0.1, 0.15) is 79.9 Å². The van der Waals surface area contributed by atoms with Gasteiger partial charge in [-0.05, 0) is 42.9 Å². The first kappa shape index (κ1) is 21.8. The van der Waals surface area contributed by atoms with Gasteiger partial charge >= 0.3 is 0 Å². The van der Waals surface area contributed by atoms with E-state index in [1.165, 1.54) is 28.5 Å². The first-order chi connectivity index (χ1) is 14.3. The molecule has 1 heterocycles. The summed E-state index contributed by atoms with van der Waals surface area (Å²) in [7, 11) is 0. The van der Waals surface area contributed by atoms with Crippen LogP contribution in [0, 0.1) is 0 Å². The molecule has 0 radical (unpaired) electrons. The molecule has 0 saturated heterocycles. The van der Waals surface area contributed by atoms with Gasteiger partial charge in [0.25, 0.3) is 11.5 Å². The Morgan fingerprint density at radius 2 is 1.63 bits per heavy atom. The van der Waals surface area contributed by atoms with E-state index in [9.17, 15) is 14.4 Å². The minimum absolute atomic E-state index is 0.0807. The van der Waals surface area contributed by atoms with E-state index in [0.29, 0.717) is 11.5 Å². The van der Waals surface area contributed by atoms with Gasteiger partial charge in [0, 0.05) is 18.3 Å². The van der Waals surface area contributed by atoms with E-state index >= 15 is 0 Å². The van der Waals surface area contributed by atoms with Crippen LogP contribution < -0.4 is 16.2 Å². The Morgan fingerprint density at radius 3 is 2.27 bits per heavy atom. The molecule has 2 N–H and O–H groups in total. The standard InChI is InChI=1S/C24H31N3O3/c1-16(2)18-8-10-19(11-9-18)17(3)25-24(30)20-12-13-23(29)27(14-20)15-22(28)26-21-6-4-5-7-21/h8-14,16-17,21H,4-7,15H2,1-3H3,(H,25,30)(H,26,28)/t17-/m0/s1. The molecule has 0 aliphatic heterocycles. The highest BCUT2D eigenvalue weighted by atomic mass is 16.2. The zero-order chi connectivity index (χ0) is 21.7. The quantitative estimate of drug-likeness (QED) is 0.734. The SMILES string of the molecule is CC(C)c1ccc([C@H](C)NC(=O)c2ccc(=O)n(CC(=O)NC3CCCC3)c2)cc1. The van der Waals surface area contributed by atoms with E-state index in [4.69, 9.17) is 0 Å². The minimum Gasteiger partial charge on any atom is -0.352 e. The van der Waals surface area contributed by atoms with E-state index < -0.39 is 0 Å². The zero-order valence-corrected chi connectivity index (χ0v) is 18.0. The van der Waals surface area contributed by atoms with Gasteiger partial charge in [0.15, 0.2) is 0 Å². The first-order valence-corrected chi connectivity index (χ1v) is 10.7. The van der Waals surface area contributed by atoms with E-state index in [-0.39, 0.29) is 36.0 Å². The molecule has 1 fully saturated rings. The molecule has 0 spiro atoms. The maximum atomic E-state index is 12.7. The van der Waals surface area contributed by atoms with Gasteiger partial charge < -0.3 is 15.2 Å². The highest BCUT2D eigenvalue weighted by Gasteiger charge is 2.18. The average Bonchev–Trinajstić information content (AvgIpc) is 3.22. The van der Waals surface area contributed by atoms with Gasteiger partial charge in [-0.2, -0.15) is 0 Å². The van der Waals surface area contributed by atoms with Crippen molar-refractivity contribution in [3.63, 3.8) is 0 Å². The monoisotopic (exact) mass is 409 g/mol. The molecule has 2 aromatic rings. The number of benzene rings is 1. The molecule has 160 valence electrons. The second kappa shape index (κ2) is 9.74. The Balaban J connectivity index is 1.64. The fraction of sp³-hybridized carbons (Fsp3) is 0.458. The Kier molecular flexibility index (Phi) is 7.08. The summed E-state index contributed by atoms with van der Waals surface area (Å²) in [5, 5.41) is 5.94. The molecule has 6 nitrogen and oxygen atoms in total. The minimum atomic E-state index is -0.301. The number of aromatic nitrogens is 1. The third kappa shape index (κ3) is 5.59. The summed E-state index contributed by atoms with van der Waals surface area (Å²) in [6.07, 6.45) is 5.68. The van der Waals surface area contributed by atoms with E-state index in [1.54, 1.807) is 0 Å². The highest BCUT2D eigenvalue weighted by Crippen LogP contribution is 2.19. The smallest absolute Gasteiger partial charge is 0.253 e. The largest absolute Gasteiger partial charge is 0.352 e. The summed E-state index contributed by atoms with van der Waals surface area (Å²) in [6.45, 7) is 6.13. The van der Waals surface area contributed by atoms with Crippen molar-refractivity contribution in [2.45, 2.75) is 71.0 Å². The lowest BCUT2D eigenvalue weighted by molar-refractivity contribution is -0.122. The van der Waals surface area contributed by atoms with Crippen molar-refractivity contribution in [2.24, 2.45) is 0 Å². The van der Waals surface area contributed by atoms with Crippen LogP contribution in [0.25, 0.3) is 0 Å². The van der Waals surface area contributed by atoms with Crippen molar-refractivity contribution in [1.29, 1.82) is 0 Å². The van der Waals surface area contributed by atoms with Gasteiger partial charge in [0.1, 0.15) is 6.54 Å². The molecule has 1 atom stereocenters. The van der Waals surface area contributed by atoms with Crippen LogP contribution in [0.5, 0.6) is 0 Å². The van der Waals surface area contributed by atoms with Gasteiger partial charge in [-0.25, -0.2) is 0 Å². The number of hydrogen-bond acceptors (Lipinski definition) is 3. The van der Waals surface area contributed by atoms with Crippen LogP contribution in [0.15, 0.2) is 47.4 Å². The fourth-order valence-electron chi connectivity index (χ4n) is 3.82. The third-order valence-corrected chi connectivity index (χ3v) is 5.73. The topological polar surface area (TPSA) is 80.2 Å². The summed E-state index contributed by atoms with van der Waals surface area (Å²) in [4.78, 5) is 37.1. The molecular formula is C24H31N3O3. The summed E-state index contributed by atoms with van der Waals surface area (Å²) in [5.74, 6) is -0.0172. The van der Waals surface area contributed by atoms with Gasteiger partial charge in [0.05, 0.1) is 11.6 Å². The lowest BCUT2D eigenvalue weighted by atomic mass is 9.99. The number of carbonyl (C=O) groups is 2. The van der Waals surface area contributed by atoms with Crippen LogP contribution in [-0.4, -0.2) is 22.4 Å². The Morgan fingerprint density at radius 1 is 1.00 bits per heavy atom. The summed E-state index contributed by atoms with van der Waals surface area (Å²) in [5.41, 5.74) is 2.32. The normalized spacial score (nSPS) is 15.2. The van der Waals surface area contributed by atoms with Crippen LogP contribution in [0.2, 0.25) is 0 Å². The van der Waals surface area contributed by atoms with Gasteiger partial charge in [-0.1, -0.05) is 51.0 Å². The van der Waals surface area contributed by atoms with Crippen LogP contribution in [0.3, 0.4) is 0 Å². The number of pyridine rings is 1. The van der Waals surface area contributed by atoms with Crippen molar-refractivity contribution in [2.75, 3.05) is 0 Å². The molecule has 0 bridgehead atoms. The number of rotatable bonds is 7. The number of nitrogens with one attached hydrogen (secondary N) is 2. The van der Waals surface area contributed by atoms with Crippen LogP contribution >= 0.6 is 0 Å². The van der Waals surface area contributed by atoms with Crippen molar-refractivity contribution in [3.8, 4) is 0 Å². The molecule has 3 rings (SSSR count). The van der Waals surface area contributed by atoms with E-state index in [0.717, 1.165) is 31.2 Å². The lowest BCUT2D eigenvalue weighted by Gasteiger charge is -2.16. The molecule has 1 aliphatic rings. The molecule has 1 aliphatic carbocycles. The molecule has 30 heavy (non-hydrogen) atoms. The predicted octanol–water partition coefficient (Wildman–Crippen LogP) is 3.52. The molecule has 1 aromatic carbocycles. The average molecular weight is 410 g/mol. The lowest BCUT2D eigenvalue weighted by Crippen LogP contribution is -2.37. The molecule has 6 heteroatoms. The zero-order valence-electron chi connectivity index (χ0n) is 18.0. The summed E-state index contributed by atoms with van der Waals surface area (Å²) < 4.78 is 1.29. The molecular weight excluding hydrogens is 378 g/mol. The van der Waals surface area contributed by atoms with Crippen molar-refractivity contribution >= 4 is 11.8 Å². The third-order valence-electron chi connectivity index (χ3n) is 5.73. The van der Waals surface area contributed by atoms with Crippen molar-refractivity contribution < 1.29 is 9.59 Å². The Bertz CT molecular complexity index is 941. The van der Waals surface area contributed by atoms with E-state index in [1.807, 2.05) is 19.1 Å². The summed E-state index contributed by atoms with van der Waals surface area (Å²) in [6, 6.07) is 11.0. The first-order valence-electron chi connectivity index (χ1n) is 10.7. The predicted molar refractivity (Wildman–Crippen MR) is 118 cm³/mol. The Hall–Kier alpha value is -2.89. The molecule has 1 aromatic heterocycles. The van der Waals surface area contributed by atoms with Crippen LogP contribution in [0.4, 0.5) is 0 Å². The van der Waals surface area contributed by atoms with E-state index in [2.05, 4.69) is 36.6 Å². The second-order valence-electron chi connectivity index (χ2n) is 8.45. The second-order valence-corrected chi connectivity index (χ2v) is 8.45. The van der Waals surface area contributed by atoms with Crippen molar-refractivity contribution in [1.82, 2.24) is 15.2 Å². The fourth-order valence-corrected chi connectivity index (χ4v) is 3.82. The maximum absolute atomic E-state index is 12.7. The number of amides is 2. The molecule has 0 unspecified atom stereocenters. The van der Waals surface area contributed by atoms with Crippen molar-refractivity contribution in [3.05, 3.63) is 69.6 Å². The highest BCUT2D eigenvalue weighted by molar-refractivity contribution is 5.94. The van der Waals surface area contributed by atoms with Gasteiger partial charge in [0.2, 0.25) is 5.91 Å². The summed E-state index contributed by atoms with van der Waals surface area (Å²) >= 11 is 0. The maximum Gasteiger partial charge on any atom is 0.253 e. The van der Waals surface area contributed by atoms with Gasteiger partial charge in [-0.15, -0.1) is 0 Å². The Labute approximate surface area is 177 Å². The van der Waals surface area contributed by atoms with Gasteiger partial charge in [-0.3, -0.25) is 14.4 Å². The molecule has 1 saturated carbocycles. The number of hydrogen-bond donors (Lipinski definition) is 2. The number of nitrogens with zero attached hydrogens (tertiary/aromatic N) is 1. The molecule has 2 amide bonds.